The zero-order valence-corrected chi connectivity index (χ0v) is 15.8. The molecule has 28 heavy (non-hydrogen) atoms. The number of fused-ring (bicyclic) bond motifs is 2. The van der Waals surface area contributed by atoms with Crippen LogP contribution in [0.4, 0.5) is 0 Å². The van der Waals surface area contributed by atoms with Crippen molar-refractivity contribution in [2.45, 2.75) is 38.7 Å². The molecule has 3 rings (SSSR count). The molecule has 1 aromatic carbocycles. The Balaban J connectivity index is 2.32. The fraction of sp³-hybridized carbons (Fsp3) is 0.421. The van der Waals surface area contributed by atoms with Crippen molar-refractivity contribution in [1.29, 1.82) is 0 Å². The summed E-state index contributed by atoms with van der Waals surface area (Å²) >= 11 is 0. The van der Waals surface area contributed by atoms with E-state index in [9.17, 15) is 24.9 Å². The molecule has 0 spiro atoms. The van der Waals surface area contributed by atoms with E-state index in [2.05, 4.69) is 4.98 Å². The molecular weight excluding hydrogens is 366 g/mol. The van der Waals surface area contributed by atoms with Crippen LogP contribution in [0.1, 0.15) is 11.1 Å². The highest BCUT2D eigenvalue weighted by molar-refractivity contribution is 5.86. The van der Waals surface area contributed by atoms with E-state index in [1.807, 2.05) is 26.0 Å². The van der Waals surface area contributed by atoms with Gasteiger partial charge in [0.15, 0.2) is 5.82 Å². The van der Waals surface area contributed by atoms with Gasteiger partial charge in [-0.1, -0.05) is 0 Å². The number of aryl methyl sites for hydroxylation is 2. The first-order chi connectivity index (χ1) is 13.1. The van der Waals surface area contributed by atoms with E-state index in [4.69, 9.17) is 5.11 Å². The summed E-state index contributed by atoms with van der Waals surface area (Å²) in [5, 5.41) is 39.7. The number of hydrogen-bond acceptors (Lipinski definition) is 7. The van der Waals surface area contributed by atoms with Crippen LogP contribution in [0.5, 0.6) is 0 Å². The summed E-state index contributed by atoms with van der Waals surface area (Å²) < 4.78 is 2.39. The van der Waals surface area contributed by atoms with Crippen LogP contribution in [-0.2, 0) is 13.6 Å². The lowest BCUT2D eigenvalue weighted by molar-refractivity contribution is -0.0802. The lowest BCUT2D eigenvalue weighted by Crippen LogP contribution is -2.42. The summed E-state index contributed by atoms with van der Waals surface area (Å²) in [5.74, 6) is 0.0774. The van der Waals surface area contributed by atoms with Crippen molar-refractivity contribution in [2.75, 3.05) is 6.61 Å². The maximum atomic E-state index is 12.6. The minimum Gasteiger partial charge on any atom is -0.394 e. The number of aliphatic hydroxyl groups is 4. The van der Waals surface area contributed by atoms with E-state index in [0.717, 1.165) is 15.7 Å². The second kappa shape index (κ2) is 7.44. The number of nitrogens with zero attached hydrogens (tertiary/aromatic N) is 3. The normalized spacial score (nSPS) is 15.1. The third-order valence-corrected chi connectivity index (χ3v) is 5.10. The van der Waals surface area contributed by atoms with Crippen LogP contribution in [0.2, 0.25) is 0 Å². The summed E-state index contributed by atoms with van der Waals surface area (Å²) in [6, 6.07) is 5.37. The van der Waals surface area contributed by atoms with Gasteiger partial charge in [-0.15, -0.1) is 0 Å². The number of aromatic nitrogens is 3. The Morgan fingerprint density at radius 1 is 1.04 bits per heavy atom. The molecule has 0 saturated carbocycles. The molecule has 2 heterocycles. The molecular formula is C19H23N3O6. The number of pyridine rings is 1. The Labute approximate surface area is 160 Å². The third-order valence-electron chi connectivity index (χ3n) is 5.10. The Morgan fingerprint density at radius 2 is 1.68 bits per heavy atom. The van der Waals surface area contributed by atoms with E-state index in [1.54, 1.807) is 6.07 Å². The van der Waals surface area contributed by atoms with E-state index >= 15 is 0 Å². The fourth-order valence-electron chi connectivity index (χ4n) is 3.21. The van der Waals surface area contributed by atoms with Crippen LogP contribution in [0.15, 0.2) is 27.8 Å². The van der Waals surface area contributed by atoms with Crippen molar-refractivity contribution in [3.05, 3.63) is 50.2 Å². The van der Waals surface area contributed by atoms with Gasteiger partial charge >= 0.3 is 5.69 Å². The topological polar surface area (TPSA) is 138 Å². The molecule has 9 heteroatoms. The van der Waals surface area contributed by atoms with Gasteiger partial charge in [0, 0.05) is 7.05 Å². The second-order valence-corrected chi connectivity index (χ2v) is 7.05. The summed E-state index contributed by atoms with van der Waals surface area (Å²) in [7, 11) is 1.34. The Morgan fingerprint density at radius 3 is 2.32 bits per heavy atom. The minimum absolute atomic E-state index is 0.0774. The van der Waals surface area contributed by atoms with Crippen LogP contribution < -0.4 is 11.2 Å². The molecule has 0 bridgehead atoms. The average Bonchev–Trinajstić information content (AvgIpc) is 2.67. The molecule has 9 nitrogen and oxygen atoms in total. The first-order valence-electron chi connectivity index (χ1n) is 8.82. The standard InChI is InChI=1S/C19H23N3O6/c1-9-4-11-6-12-17(20-19(28)21(3)18(12)27)22(13(11)5-10(9)2)7-14(24)16(26)15(25)8-23/h4-6,14-16,23-26H,7-8H2,1-3H3. The molecule has 3 atom stereocenters. The molecule has 0 aliphatic carbocycles. The van der Waals surface area contributed by atoms with Crippen molar-refractivity contribution in [3.63, 3.8) is 0 Å². The van der Waals surface area contributed by atoms with Crippen molar-refractivity contribution >= 4 is 10.9 Å². The van der Waals surface area contributed by atoms with E-state index in [1.165, 1.54) is 11.6 Å². The summed E-state index contributed by atoms with van der Waals surface area (Å²) in [6.45, 7) is 2.87. The molecule has 3 unspecified atom stereocenters. The number of rotatable bonds is 5. The van der Waals surface area contributed by atoms with Gasteiger partial charge in [0.2, 0.25) is 0 Å². The lowest BCUT2D eigenvalue weighted by Gasteiger charge is -2.25. The number of hydrogen-bond donors (Lipinski definition) is 4. The Hall–Kier alpha value is -2.59. The highest BCUT2D eigenvalue weighted by Crippen LogP contribution is 2.27. The molecule has 4 N–H and O–H groups in total. The molecule has 2 aliphatic rings. The quantitative estimate of drug-likeness (QED) is 0.406. The number of benzene rings is 1. The predicted octanol–water partition coefficient (Wildman–Crippen LogP) is -1.11. The van der Waals surface area contributed by atoms with Crippen molar-refractivity contribution < 1.29 is 20.4 Å². The maximum Gasteiger partial charge on any atom is 0.352 e. The Kier molecular flexibility index (Phi) is 5.35. The van der Waals surface area contributed by atoms with Crippen LogP contribution in [0, 0.1) is 13.8 Å². The highest BCUT2D eigenvalue weighted by atomic mass is 16.4. The molecule has 2 aliphatic heterocycles. The van der Waals surface area contributed by atoms with Crippen LogP contribution in [-0.4, -0.2) is 59.5 Å². The zero-order chi connectivity index (χ0) is 20.7. The highest BCUT2D eigenvalue weighted by Gasteiger charge is 2.27. The second-order valence-electron chi connectivity index (χ2n) is 7.05. The van der Waals surface area contributed by atoms with E-state index < -0.39 is 36.2 Å². The van der Waals surface area contributed by atoms with Gasteiger partial charge in [0.1, 0.15) is 18.3 Å². The molecule has 1 aromatic rings. The monoisotopic (exact) mass is 389 g/mol. The van der Waals surface area contributed by atoms with Crippen molar-refractivity contribution in [3.8, 4) is 11.4 Å². The summed E-state index contributed by atoms with van der Waals surface area (Å²) in [6.07, 6.45) is -4.62. The van der Waals surface area contributed by atoms with Gasteiger partial charge in [-0.2, -0.15) is 4.98 Å². The van der Waals surface area contributed by atoms with Gasteiger partial charge < -0.3 is 25.0 Å². The molecule has 0 aromatic heterocycles. The molecule has 150 valence electrons. The van der Waals surface area contributed by atoms with Gasteiger partial charge in [-0.3, -0.25) is 9.36 Å². The van der Waals surface area contributed by atoms with Crippen LogP contribution >= 0.6 is 0 Å². The third kappa shape index (κ3) is 3.33. The van der Waals surface area contributed by atoms with Crippen molar-refractivity contribution in [1.82, 2.24) is 14.1 Å². The lowest BCUT2D eigenvalue weighted by atomic mass is 10.0. The largest absolute Gasteiger partial charge is 0.394 e. The molecule has 0 saturated heterocycles. The van der Waals surface area contributed by atoms with Gasteiger partial charge in [0.05, 0.1) is 24.2 Å². The maximum absolute atomic E-state index is 12.6. The van der Waals surface area contributed by atoms with Crippen LogP contribution in [0.3, 0.4) is 0 Å². The van der Waals surface area contributed by atoms with Gasteiger partial charge in [-0.25, -0.2) is 4.79 Å². The Bertz CT molecular complexity index is 1120. The van der Waals surface area contributed by atoms with Crippen molar-refractivity contribution in [2.24, 2.45) is 7.05 Å². The van der Waals surface area contributed by atoms with E-state index in [0.29, 0.717) is 10.9 Å². The fourth-order valence-corrected chi connectivity index (χ4v) is 3.21. The first-order valence-corrected chi connectivity index (χ1v) is 8.82. The smallest absolute Gasteiger partial charge is 0.352 e. The number of aliphatic hydroxyl groups excluding tert-OH is 4. The molecule has 0 fully saturated rings. The van der Waals surface area contributed by atoms with Gasteiger partial charge in [-0.05, 0) is 48.6 Å². The average molecular weight is 389 g/mol. The van der Waals surface area contributed by atoms with Gasteiger partial charge in [0.25, 0.3) is 5.56 Å². The summed E-state index contributed by atoms with van der Waals surface area (Å²) in [5.41, 5.74) is 1.51. The zero-order valence-electron chi connectivity index (χ0n) is 15.8. The minimum atomic E-state index is -1.62. The summed E-state index contributed by atoms with van der Waals surface area (Å²) in [4.78, 5) is 28.7. The van der Waals surface area contributed by atoms with E-state index in [-0.39, 0.29) is 17.9 Å². The first kappa shape index (κ1) is 20.2. The SMILES string of the molecule is Cc1cc2cc3c(=O)n(C)c(=O)nc-3n(CC(O)C(O)C(O)CO)c2cc1C. The molecule has 0 radical (unpaired) electrons. The van der Waals surface area contributed by atoms with Crippen LogP contribution in [0.25, 0.3) is 22.3 Å². The predicted molar refractivity (Wildman–Crippen MR) is 102 cm³/mol. The molecule has 0 amide bonds.